The van der Waals surface area contributed by atoms with Crippen LogP contribution in [0.4, 0.5) is 0 Å². The summed E-state index contributed by atoms with van der Waals surface area (Å²) in [6.07, 6.45) is 7.17. The summed E-state index contributed by atoms with van der Waals surface area (Å²) in [7, 11) is 0. The molecule has 1 heterocycles. The highest BCUT2D eigenvalue weighted by atomic mass is 15.1. The smallest absolute Gasteiger partial charge is 0.00221 e. The number of nitrogens with zero attached hydrogens (tertiary/aromatic N) is 1. The molecule has 1 heteroatoms. The van der Waals surface area contributed by atoms with Crippen molar-refractivity contribution in [2.24, 2.45) is 11.8 Å². The summed E-state index contributed by atoms with van der Waals surface area (Å²) < 4.78 is 0. The van der Waals surface area contributed by atoms with Gasteiger partial charge in [0.1, 0.15) is 0 Å². The van der Waals surface area contributed by atoms with Crippen molar-refractivity contribution in [3.05, 3.63) is 35.9 Å². The average molecular weight is 229 g/mol. The maximum atomic E-state index is 2.70. The normalized spacial score (nSPS) is 29.2. The summed E-state index contributed by atoms with van der Waals surface area (Å²) in [6, 6.07) is 10.9. The second kappa shape index (κ2) is 5.22. The standard InChI is InChI=1S/C16H23N/c1-2-6-14(7-3-1)10-11-17-12-15-8-4-5-9-16(15)13-17/h1-3,6-7,15-16H,4-5,8-13H2/t15-,16-/m0/s1. The largest absolute Gasteiger partial charge is 0.302 e. The molecule has 1 saturated carbocycles. The van der Waals surface area contributed by atoms with Crippen LogP contribution in [0.1, 0.15) is 31.2 Å². The Bertz CT molecular complexity index is 332. The van der Waals surface area contributed by atoms with E-state index < -0.39 is 0 Å². The molecule has 0 unspecified atom stereocenters. The maximum Gasteiger partial charge on any atom is 0.00221 e. The lowest BCUT2D eigenvalue weighted by Crippen LogP contribution is -2.23. The van der Waals surface area contributed by atoms with Crippen molar-refractivity contribution in [3.63, 3.8) is 0 Å². The molecular formula is C16H23N. The first kappa shape index (κ1) is 11.3. The lowest BCUT2D eigenvalue weighted by molar-refractivity contribution is 0.299. The van der Waals surface area contributed by atoms with Crippen molar-refractivity contribution in [1.29, 1.82) is 0 Å². The first-order valence-electron chi connectivity index (χ1n) is 7.18. The molecule has 0 bridgehead atoms. The highest BCUT2D eigenvalue weighted by Gasteiger charge is 2.33. The molecule has 1 saturated heterocycles. The van der Waals surface area contributed by atoms with Crippen LogP contribution in [0.3, 0.4) is 0 Å². The molecule has 0 spiro atoms. The fraction of sp³-hybridized carbons (Fsp3) is 0.625. The SMILES string of the molecule is c1ccc(CCN2C[C@@H]3CCCC[C@H]3C2)cc1. The fourth-order valence-corrected chi connectivity index (χ4v) is 3.62. The van der Waals surface area contributed by atoms with Crippen molar-refractivity contribution in [2.75, 3.05) is 19.6 Å². The highest BCUT2D eigenvalue weighted by Crippen LogP contribution is 2.35. The molecule has 92 valence electrons. The lowest BCUT2D eigenvalue weighted by atomic mass is 9.82. The molecule has 1 aromatic rings. The molecule has 1 aliphatic carbocycles. The third-order valence-corrected chi connectivity index (χ3v) is 4.61. The van der Waals surface area contributed by atoms with E-state index in [-0.39, 0.29) is 0 Å². The van der Waals surface area contributed by atoms with E-state index in [0.29, 0.717) is 0 Å². The van der Waals surface area contributed by atoms with Crippen LogP contribution in [0.5, 0.6) is 0 Å². The third kappa shape index (κ3) is 2.71. The molecule has 1 aliphatic heterocycles. The van der Waals surface area contributed by atoms with Crippen molar-refractivity contribution in [1.82, 2.24) is 4.90 Å². The minimum Gasteiger partial charge on any atom is -0.302 e. The van der Waals surface area contributed by atoms with Gasteiger partial charge in [0.05, 0.1) is 0 Å². The van der Waals surface area contributed by atoms with E-state index in [2.05, 4.69) is 35.2 Å². The Morgan fingerprint density at radius 2 is 1.59 bits per heavy atom. The van der Waals surface area contributed by atoms with E-state index in [4.69, 9.17) is 0 Å². The van der Waals surface area contributed by atoms with Crippen molar-refractivity contribution in [3.8, 4) is 0 Å². The second-order valence-corrected chi connectivity index (χ2v) is 5.80. The topological polar surface area (TPSA) is 3.24 Å². The second-order valence-electron chi connectivity index (χ2n) is 5.80. The van der Waals surface area contributed by atoms with Crippen molar-refractivity contribution < 1.29 is 0 Å². The van der Waals surface area contributed by atoms with Gasteiger partial charge in [0.15, 0.2) is 0 Å². The van der Waals surface area contributed by atoms with E-state index >= 15 is 0 Å². The van der Waals surface area contributed by atoms with E-state index in [1.54, 1.807) is 0 Å². The van der Waals surface area contributed by atoms with Crippen LogP contribution in [0.2, 0.25) is 0 Å². The number of fused-ring (bicyclic) bond motifs is 1. The minimum atomic E-state index is 1.03. The van der Waals surface area contributed by atoms with Gasteiger partial charge in [-0.15, -0.1) is 0 Å². The average Bonchev–Trinajstić information content (AvgIpc) is 2.80. The van der Waals surface area contributed by atoms with E-state index in [9.17, 15) is 0 Å². The maximum absolute atomic E-state index is 2.70. The Kier molecular flexibility index (Phi) is 3.46. The van der Waals surface area contributed by atoms with Crippen LogP contribution in [-0.4, -0.2) is 24.5 Å². The van der Waals surface area contributed by atoms with Gasteiger partial charge in [-0.2, -0.15) is 0 Å². The summed E-state index contributed by atoms with van der Waals surface area (Å²) in [4.78, 5) is 2.70. The van der Waals surface area contributed by atoms with Gasteiger partial charge in [-0.1, -0.05) is 43.2 Å². The molecular weight excluding hydrogens is 206 g/mol. The van der Waals surface area contributed by atoms with Gasteiger partial charge in [0, 0.05) is 19.6 Å². The molecule has 2 fully saturated rings. The monoisotopic (exact) mass is 229 g/mol. The Hall–Kier alpha value is -0.820. The molecule has 2 atom stereocenters. The zero-order valence-corrected chi connectivity index (χ0v) is 10.6. The number of hydrogen-bond acceptors (Lipinski definition) is 1. The van der Waals surface area contributed by atoms with Gasteiger partial charge >= 0.3 is 0 Å². The lowest BCUT2D eigenvalue weighted by Gasteiger charge is -2.23. The summed E-state index contributed by atoms with van der Waals surface area (Å²) >= 11 is 0. The number of hydrogen-bond donors (Lipinski definition) is 0. The fourth-order valence-electron chi connectivity index (χ4n) is 3.62. The van der Waals surface area contributed by atoms with E-state index in [1.807, 2.05) is 0 Å². The minimum absolute atomic E-state index is 1.03. The van der Waals surface area contributed by atoms with E-state index in [1.165, 1.54) is 57.3 Å². The Morgan fingerprint density at radius 3 is 2.24 bits per heavy atom. The molecule has 0 radical (unpaired) electrons. The van der Waals surface area contributed by atoms with Crippen LogP contribution in [0.25, 0.3) is 0 Å². The van der Waals surface area contributed by atoms with Gasteiger partial charge in [0.25, 0.3) is 0 Å². The predicted octanol–water partition coefficient (Wildman–Crippen LogP) is 3.35. The van der Waals surface area contributed by atoms with Crippen LogP contribution in [-0.2, 0) is 6.42 Å². The van der Waals surface area contributed by atoms with Crippen molar-refractivity contribution >= 4 is 0 Å². The van der Waals surface area contributed by atoms with Gasteiger partial charge in [-0.25, -0.2) is 0 Å². The molecule has 0 amide bonds. The summed E-state index contributed by atoms with van der Waals surface area (Å²) in [5.74, 6) is 2.05. The van der Waals surface area contributed by atoms with E-state index in [0.717, 1.165) is 11.8 Å². The number of benzene rings is 1. The van der Waals surface area contributed by atoms with Crippen molar-refractivity contribution in [2.45, 2.75) is 32.1 Å². The molecule has 2 aliphatic rings. The highest BCUT2D eigenvalue weighted by molar-refractivity contribution is 5.14. The molecule has 3 rings (SSSR count). The number of rotatable bonds is 3. The zero-order valence-electron chi connectivity index (χ0n) is 10.6. The summed E-state index contributed by atoms with van der Waals surface area (Å²) in [5, 5.41) is 0. The molecule has 0 N–H and O–H groups in total. The Morgan fingerprint density at radius 1 is 0.941 bits per heavy atom. The van der Waals surface area contributed by atoms with Gasteiger partial charge < -0.3 is 4.90 Å². The predicted molar refractivity (Wildman–Crippen MR) is 72.0 cm³/mol. The van der Waals surface area contributed by atoms with Gasteiger partial charge in [0.2, 0.25) is 0 Å². The molecule has 1 nitrogen and oxygen atoms in total. The summed E-state index contributed by atoms with van der Waals surface area (Å²) in [5.41, 5.74) is 1.49. The zero-order chi connectivity index (χ0) is 11.5. The molecule has 1 aromatic carbocycles. The Labute approximate surface area is 105 Å². The van der Waals surface area contributed by atoms with Crippen LogP contribution < -0.4 is 0 Å². The third-order valence-electron chi connectivity index (χ3n) is 4.61. The van der Waals surface area contributed by atoms with Crippen LogP contribution >= 0.6 is 0 Å². The summed E-state index contributed by atoms with van der Waals surface area (Å²) in [6.45, 7) is 4.01. The quantitative estimate of drug-likeness (QED) is 0.768. The number of likely N-dealkylation sites (tertiary alicyclic amines) is 1. The first-order valence-corrected chi connectivity index (χ1v) is 7.18. The molecule has 17 heavy (non-hydrogen) atoms. The van der Waals surface area contributed by atoms with Gasteiger partial charge in [-0.3, -0.25) is 0 Å². The molecule has 0 aromatic heterocycles. The first-order chi connectivity index (χ1) is 8.42. The Balaban J connectivity index is 1.50. The van der Waals surface area contributed by atoms with Gasteiger partial charge in [-0.05, 0) is 36.7 Å². The van der Waals surface area contributed by atoms with Crippen LogP contribution in [0, 0.1) is 11.8 Å². The van der Waals surface area contributed by atoms with Crippen LogP contribution in [0.15, 0.2) is 30.3 Å².